The van der Waals surface area contributed by atoms with Crippen molar-refractivity contribution in [3.05, 3.63) is 29.8 Å². The zero-order valence-electron chi connectivity index (χ0n) is 7.42. The monoisotopic (exact) mass is 165 g/mol. The van der Waals surface area contributed by atoms with Crippen LogP contribution in [0.25, 0.3) is 0 Å². The third kappa shape index (κ3) is 1.59. The van der Waals surface area contributed by atoms with Gasteiger partial charge in [-0.05, 0) is 31.4 Å². The Hall–Kier alpha value is -1.02. The molecule has 0 saturated heterocycles. The van der Waals surface area contributed by atoms with E-state index >= 15 is 0 Å². The second-order valence-electron chi connectivity index (χ2n) is 3.07. The Morgan fingerprint density at radius 1 is 1.33 bits per heavy atom. The minimum Gasteiger partial charge on any atom is -0.490 e. The lowest BCUT2D eigenvalue weighted by atomic mass is 10.0. The average molecular weight is 165 g/mol. The van der Waals surface area contributed by atoms with Gasteiger partial charge in [0, 0.05) is 0 Å². The fourth-order valence-corrected chi connectivity index (χ4v) is 1.46. The lowest BCUT2D eigenvalue weighted by Gasteiger charge is -2.22. The van der Waals surface area contributed by atoms with Gasteiger partial charge in [0.05, 0.1) is 6.10 Å². The molecule has 1 aliphatic heterocycles. The Balaban J connectivity index is 0.000000720. The number of fused-ring (bicyclic) bond motifs is 1. The van der Waals surface area contributed by atoms with Crippen LogP contribution < -0.4 is 10.9 Å². The molecule has 0 amide bonds. The van der Waals surface area contributed by atoms with Gasteiger partial charge in [-0.15, -0.1) is 0 Å². The Labute approximate surface area is 73.1 Å². The molecule has 2 heteroatoms. The molecule has 0 fully saturated rings. The van der Waals surface area contributed by atoms with Crippen molar-refractivity contribution in [3.63, 3.8) is 0 Å². The van der Waals surface area contributed by atoms with Crippen LogP contribution in [0.5, 0.6) is 5.75 Å². The van der Waals surface area contributed by atoms with E-state index in [0.29, 0.717) is 6.10 Å². The van der Waals surface area contributed by atoms with E-state index in [1.807, 2.05) is 12.1 Å². The van der Waals surface area contributed by atoms with Crippen LogP contribution in [0, 0.1) is 0 Å². The normalized spacial score (nSPS) is 20.2. The van der Waals surface area contributed by atoms with Crippen LogP contribution in [0.4, 0.5) is 0 Å². The fraction of sp³-hybridized carbons (Fsp3) is 0.400. The molecule has 3 N–H and O–H groups in total. The van der Waals surface area contributed by atoms with E-state index < -0.39 is 0 Å². The molecule has 0 radical (unpaired) electrons. The highest BCUT2D eigenvalue weighted by atomic mass is 16.5. The quantitative estimate of drug-likeness (QED) is 0.642. The molecule has 0 aliphatic carbocycles. The van der Waals surface area contributed by atoms with Crippen molar-refractivity contribution >= 4 is 0 Å². The summed E-state index contributed by atoms with van der Waals surface area (Å²) in [5.74, 6) is 1.08. The van der Waals surface area contributed by atoms with E-state index in [-0.39, 0.29) is 6.15 Å². The first kappa shape index (κ1) is 9.07. The summed E-state index contributed by atoms with van der Waals surface area (Å²) in [5, 5.41) is 0. The van der Waals surface area contributed by atoms with E-state index in [9.17, 15) is 0 Å². The van der Waals surface area contributed by atoms with Gasteiger partial charge in [0.2, 0.25) is 0 Å². The SMILES string of the molecule is C[C@@H]1CCc2ccccc2O1.N. The van der Waals surface area contributed by atoms with Crippen molar-refractivity contribution in [2.24, 2.45) is 0 Å². The van der Waals surface area contributed by atoms with Gasteiger partial charge in [-0.3, -0.25) is 0 Å². The van der Waals surface area contributed by atoms with Gasteiger partial charge < -0.3 is 10.9 Å². The number of aryl methyl sites for hydroxylation is 1. The highest BCUT2D eigenvalue weighted by Crippen LogP contribution is 2.26. The summed E-state index contributed by atoms with van der Waals surface area (Å²) < 4.78 is 5.63. The molecule has 1 aromatic rings. The summed E-state index contributed by atoms with van der Waals surface area (Å²) in [6, 6.07) is 8.28. The van der Waals surface area contributed by atoms with Gasteiger partial charge in [-0.1, -0.05) is 18.2 Å². The largest absolute Gasteiger partial charge is 0.490 e. The predicted molar refractivity (Wildman–Crippen MR) is 49.9 cm³/mol. The Kier molecular flexibility index (Phi) is 2.71. The van der Waals surface area contributed by atoms with Gasteiger partial charge >= 0.3 is 0 Å². The highest BCUT2D eigenvalue weighted by molar-refractivity contribution is 5.34. The van der Waals surface area contributed by atoms with Gasteiger partial charge in [0.15, 0.2) is 0 Å². The second kappa shape index (κ2) is 3.59. The smallest absolute Gasteiger partial charge is 0.122 e. The Morgan fingerprint density at radius 2 is 2.08 bits per heavy atom. The van der Waals surface area contributed by atoms with E-state index in [0.717, 1.165) is 18.6 Å². The van der Waals surface area contributed by atoms with Gasteiger partial charge in [-0.25, -0.2) is 0 Å². The first-order chi connectivity index (χ1) is 5.36. The molecule has 0 spiro atoms. The summed E-state index contributed by atoms with van der Waals surface area (Å²) in [7, 11) is 0. The minimum absolute atomic E-state index is 0. The molecule has 12 heavy (non-hydrogen) atoms. The highest BCUT2D eigenvalue weighted by Gasteiger charge is 2.13. The molecule has 1 atom stereocenters. The molecule has 2 rings (SSSR count). The number of ether oxygens (including phenoxy) is 1. The third-order valence-electron chi connectivity index (χ3n) is 2.12. The number of hydrogen-bond acceptors (Lipinski definition) is 2. The molecule has 0 saturated carbocycles. The number of para-hydroxylation sites is 1. The first-order valence-corrected chi connectivity index (χ1v) is 4.11. The van der Waals surface area contributed by atoms with Crippen molar-refractivity contribution in [2.75, 3.05) is 0 Å². The molecule has 1 aliphatic rings. The van der Waals surface area contributed by atoms with Crippen molar-refractivity contribution < 1.29 is 4.74 Å². The number of hydrogen-bond donors (Lipinski definition) is 1. The summed E-state index contributed by atoms with van der Waals surface area (Å²) in [5.41, 5.74) is 1.35. The standard InChI is InChI=1S/C10H12O.H3N/c1-8-6-7-9-4-2-3-5-10(9)11-8;/h2-5,8H,6-7H2,1H3;1H3/t8-;/m1./s1. The molecular formula is C10H15NO. The maximum atomic E-state index is 5.63. The summed E-state index contributed by atoms with van der Waals surface area (Å²) >= 11 is 0. The topological polar surface area (TPSA) is 44.2 Å². The predicted octanol–water partition coefficient (Wildman–Crippen LogP) is 2.56. The van der Waals surface area contributed by atoms with Crippen molar-refractivity contribution in [1.82, 2.24) is 6.15 Å². The van der Waals surface area contributed by atoms with Crippen LogP contribution in [0.15, 0.2) is 24.3 Å². The zero-order valence-corrected chi connectivity index (χ0v) is 7.42. The van der Waals surface area contributed by atoms with Crippen LogP contribution in [0.1, 0.15) is 18.9 Å². The molecule has 1 heterocycles. The number of benzene rings is 1. The third-order valence-corrected chi connectivity index (χ3v) is 2.12. The number of rotatable bonds is 0. The summed E-state index contributed by atoms with van der Waals surface area (Å²) in [4.78, 5) is 0. The molecule has 66 valence electrons. The maximum Gasteiger partial charge on any atom is 0.122 e. The zero-order chi connectivity index (χ0) is 7.68. The second-order valence-corrected chi connectivity index (χ2v) is 3.07. The van der Waals surface area contributed by atoms with Crippen LogP contribution in [0.3, 0.4) is 0 Å². The first-order valence-electron chi connectivity index (χ1n) is 4.11. The molecule has 1 aromatic carbocycles. The van der Waals surface area contributed by atoms with Gasteiger partial charge in [-0.2, -0.15) is 0 Å². The Morgan fingerprint density at radius 3 is 2.92 bits per heavy atom. The van der Waals surface area contributed by atoms with Crippen molar-refractivity contribution in [2.45, 2.75) is 25.9 Å². The maximum absolute atomic E-state index is 5.63. The lowest BCUT2D eigenvalue weighted by Crippen LogP contribution is -2.18. The molecule has 0 unspecified atom stereocenters. The molecule has 0 aromatic heterocycles. The molecular weight excluding hydrogens is 150 g/mol. The van der Waals surface area contributed by atoms with Gasteiger partial charge in [0.25, 0.3) is 0 Å². The Bertz CT molecular complexity index is 260. The lowest BCUT2D eigenvalue weighted by molar-refractivity contribution is 0.192. The van der Waals surface area contributed by atoms with E-state index in [4.69, 9.17) is 4.74 Å². The van der Waals surface area contributed by atoms with E-state index in [2.05, 4.69) is 19.1 Å². The molecule has 2 nitrogen and oxygen atoms in total. The van der Waals surface area contributed by atoms with Crippen LogP contribution >= 0.6 is 0 Å². The van der Waals surface area contributed by atoms with Crippen LogP contribution in [-0.4, -0.2) is 6.10 Å². The van der Waals surface area contributed by atoms with Crippen LogP contribution in [0.2, 0.25) is 0 Å². The van der Waals surface area contributed by atoms with Crippen molar-refractivity contribution in [3.8, 4) is 5.75 Å². The van der Waals surface area contributed by atoms with Crippen LogP contribution in [-0.2, 0) is 6.42 Å². The summed E-state index contributed by atoms with van der Waals surface area (Å²) in [6.07, 6.45) is 2.71. The summed E-state index contributed by atoms with van der Waals surface area (Å²) in [6.45, 7) is 2.12. The minimum atomic E-state index is 0. The van der Waals surface area contributed by atoms with Crippen molar-refractivity contribution in [1.29, 1.82) is 0 Å². The molecule has 0 bridgehead atoms. The average Bonchev–Trinajstić information content (AvgIpc) is 2.04. The fourth-order valence-electron chi connectivity index (χ4n) is 1.46. The van der Waals surface area contributed by atoms with Gasteiger partial charge in [0.1, 0.15) is 5.75 Å². The van der Waals surface area contributed by atoms with E-state index in [1.165, 1.54) is 5.56 Å². The van der Waals surface area contributed by atoms with E-state index in [1.54, 1.807) is 0 Å².